The van der Waals surface area contributed by atoms with Gasteiger partial charge in [-0.25, -0.2) is 0 Å². The predicted molar refractivity (Wildman–Crippen MR) is 98.0 cm³/mol. The van der Waals surface area contributed by atoms with E-state index < -0.39 is 5.91 Å². The van der Waals surface area contributed by atoms with E-state index in [-0.39, 0.29) is 12.7 Å². The van der Waals surface area contributed by atoms with Gasteiger partial charge in [-0.1, -0.05) is 6.07 Å². The van der Waals surface area contributed by atoms with Gasteiger partial charge in [-0.2, -0.15) is 0 Å². The van der Waals surface area contributed by atoms with Gasteiger partial charge in [0.15, 0.2) is 11.5 Å². The molecule has 0 fully saturated rings. The van der Waals surface area contributed by atoms with Crippen molar-refractivity contribution >= 4 is 23.6 Å². The van der Waals surface area contributed by atoms with Crippen molar-refractivity contribution in [3.05, 3.63) is 59.7 Å². The fourth-order valence-corrected chi connectivity index (χ4v) is 2.33. The van der Waals surface area contributed by atoms with Crippen molar-refractivity contribution in [3.8, 4) is 11.5 Å². The Morgan fingerprint density at radius 1 is 1.00 bits per heavy atom. The first kappa shape index (κ1) is 17.3. The van der Waals surface area contributed by atoms with Gasteiger partial charge in [-0.05, 0) is 48.0 Å². The number of anilines is 1. The summed E-state index contributed by atoms with van der Waals surface area (Å²) >= 11 is 0. The Kier molecular flexibility index (Phi) is 5.07. The number of rotatable bonds is 4. The third kappa shape index (κ3) is 4.13. The molecule has 0 bridgehead atoms. The number of fused-ring (bicyclic) bond motifs is 1. The third-order valence-electron chi connectivity index (χ3n) is 3.77. The maximum Gasteiger partial charge on any atom is 0.269 e. The lowest BCUT2D eigenvalue weighted by Crippen LogP contribution is -2.40. The molecule has 3 rings (SSSR count). The molecule has 0 aromatic heterocycles. The summed E-state index contributed by atoms with van der Waals surface area (Å²) in [5.74, 6) is 0.488. The average Bonchev–Trinajstić information content (AvgIpc) is 3.12. The largest absolute Gasteiger partial charge is 0.454 e. The standard InChI is InChI=1S/C19H19N3O4/c1-22(2)15-7-5-14(6-8-15)19(24)21-20-18(23)10-4-13-3-9-16-17(11-13)26-12-25-16/h3-11H,12H2,1-2H3,(H,20,23)(H,21,24). The van der Waals surface area contributed by atoms with Crippen LogP contribution < -0.4 is 25.2 Å². The lowest BCUT2D eigenvalue weighted by Gasteiger charge is -2.12. The van der Waals surface area contributed by atoms with Crippen LogP contribution in [0.5, 0.6) is 11.5 Å². The summed E-state index contributed by atoms with van der Waals surface area (Å²) in [5.41, 5.74) is 6.95. The molecule has 1 heterocycles. The number of hydrazine groups is 1. The highest BCUT2D eigenvalue weighted by Crippen LogP contribution is 2.32. The SMILES string of the molecule is CN(C)c1ccc(C(=O)NNC(=O)C=Cc2ccc3c(c2)OCO3)cc1. The van der Waals surface area contributed by atoms with Crippen LogP contribution in [0.3, 0.4) is 0 Å². The number of hydrogen-bond acceptors (Lipinski definition) is 5. The van der Waals surface area contributed by atoms with E-state index in [9.17, 15) is 9.59 Å². The number of carbonyl (C=O) groups excluding carboxylic acids is 2. The van der Waals surface area contributed by atoms with Gasteiger partial charge in [0, 0.05) is 31.4 Å². The molecule has 0 aliphatic carbocycles. The summed E-state index contributed by atoms with van der Waals surface area (Å²) in [5, 5.41) is 0. The van der Waals surface area contributed by atoms with E-state index in [0.29, 0.717) is 17.1 Å². The number of nitrogens with one attached hydrogen (secondary N) is 2. The quantitative estimate of drug-likeness (QED) is 0.649. The van der Waals surface area contributed by atoms with Crippen LogP contribution in [0, 0.1) is 0 Å². The van der Waals surface area contributed by atoms with Crippen LogP contribution in [0.2, 0.25) is 0 Å². The molecule has 0 atom stereocenters. The highest BCUT2D eigenvalue weighted by molar-refractivity contribution is 5.98. The number of benzene rings is 2. The van der Waals surface area contributed by atoms with Crippen molar-refractivity contribution in [3.63, 3.8) is 0 Å². The second-order valence-corrected chi connectivity index (χ2v) is 5.83. The van der Waals surface area contributed by atoms with Crippen LogP contribution in [-0.4, -0.2) is 32.7 Å². The number of carbonyl (C=O) groups is 2. The molecule has 2 amide bonds. The first-order chi connectivity index (χ1) is 12.5. The van der Waals surface area contributed by atoms with Crippen LogP contribution in [-0.2, 0) is 4.79 Å². The Balaban J connectivity index is 1.52. The Morgan fingerprint density at radius 2 is 1.73 bits per heavy atom. The Hall–Kier alpha value is -3.48. The minimum atomic E-state index is -0.444. The molecule has 0 radical (unpaired) electrons. The molecule has 0 saturated carbocycles. The maximum atomic E-state index is 12.0. The summed E-state index contributed by atoms with van der Waals surface area (Å²) in [4.78, 5) is 25.8. The van der Waals surface area contributed by atoms with Crippen LogP contribution >= 0.6 is 0 Å². The topological polar surface area (TPSA) is 79.9 Å². The number of hydrogen-bond donors (Lipinski definition) is 2. The summed E-state index contributed by atoms with van der Waals surface area (Å²) < 4.78 is 10.5. The minimum Gasteiger partial charge on any atom is -0.454 e. The first-order valence-corrected chi connectivity index (χ1v) is 7.98. The van der Waals surface area contributed by atoms with E-state index in [1.54, 1.807) is 30.3 Å². The van der Waals surface area contributed by atoms with E-state index in [4.69, 9.17) is 9.47 Å². The second-order valence-electron chi connectivity index (χ2n) is 5.83. The van der Waals surface area contributed by atoms with Gasteiger partial charge in [0.2, 0.25) is 6.79 Å². The van der Waals surface area contributed by atoms with Gasteiger partial charge in [0.1, 0.15) is 0 Å². The van der Waals surface area contributed by atoms with E-state index in [1.165, 1.54) is 6.08 Å². The van der Waals surface area contributed by atoms with E-state index in [2.05, 4.69) is 10.9 Å². The van der Waals surface area contributed by atoms with Crippen LogP contribution in [0.1, 0.15) is 15.9 Å². The monoisotopic (exact) mass is 353 g/mol. The van der Waals surface area contributed by atoms with Gasteiger partial charge in [0.25, 0.3) is 11.8 Å². The second kappa shape index (κ2) is 7.60. The summed E-state index contributed by atoms with van der Waals surface area (Å²) in [6.07, 6.45) is 2.95. The zero-order chi connectivity index (χ0) is 18.5. The van der Waals surface area contributed by atoms with Crippen LogP contribution in [0.15, 0.2) is 48.5 Å². The molecule has 1 aliphatic heterocycles. The van der Waals surface area contributed by atoms with Crippen molar-refractivity contribution in [1.82, 2.24) is 10.9 Å². The minimum absolute atomic E-state index is 0.199. The molecular weight excluding hydrogens is 334 g/mol. The van der Waals surface area contributed by atoms with Crippen LogP contribution in [0.4, 0.5) is 5.69 Å². The van der Waals surface area contributed by atoms with E-state index >= 15 is 0 Å². The third-order valence-corrected chi connectivity index (χ3v) is 3.77. The van der Waals surface area contributed by atoms with Crippen molar-refractivity contribution in [2.24, 2.45) is 0 Å². The van der Waals surface area contributed by atoms with Gasteiger partial charge in [0.05, 0.1) is 0 Å². The zero-order valence-corrected chi connectivity index (χ0v) is 14.5. The maximum absolute atomic E-state index is 12.0. The Labute approximate surface area is 151 Å². The first-order valence-electron chi connectivity index (χ1n) is 7.98. The molecule has 26 heavy (non-hydrogen) atoms. The fraction of sp³-hybridized carbons (Fsp3) is 0.158. The summed E-state index contributed by atoms with van der Waals surface area (Å²) in [6.45, 7) is 0.199. The molecule has 7 heteroatoms. The Morgan fingerprint density at radius 3 is 2.46 bits per heavy atom. The van der Waals surface area contributed by atoms with E-state index in [0.717, 1.165) is 11.3 Å². The van der Waals surface area contributed by atoms with E-state index in [1.807, 2.05) is 37.2 Å². The lowest BCUT2D eigenvalue weighted by molar-refractivity contribution is -0.117. The molecule has 0 saturated heterocycles. The molecule has 134 valence electrons. The molecule has 7 nitrogen and oxygen atoms in total. The molecule has 0 unspecified atom stereocenters. The van der Waals surface area contributed by atoms with Crippen molar-refractivity contribution in [2.75, 3.05) is 25.8 Å². The normalized spacial score (nSPS) is 12.1. The summed E-state index contributed by atoms with van der Waals surface area (Å²) in [7, 11) is 3.84. The lowest BCUT2D eigenvalue weighted by atomic mass is 10.2. The molecule has 2 aromatic rings. The smallest absolute Gasteiger partial charge is 0.269 e. The van der Waals surface area contributed by atoms with Crippen molar-refractivity contribution in [2.45, 2.75) is 0 Å². The molecule has 2 N–H and O–H groups in total. The number of amides is 2. The molecule has 0 spiro atoms. The fourth-order valence-electron chi connectivity index (χ4n) is 2.33. The van der Waals surface area contributed by atoms with Gasteiger partial charge >= 0.3 is 0 Å². The molecule has 1 aliphatic rings. The number of ether oxygens (including phenoxy) is 2. The predicted octanol–water partition coefficient (Wildman–Crippen LogP) is 1.96. The average molecular weight is 353 g/mol. The Bertz CT molecular complexity index is 844. The van der Waals surface area contributed by atoms with Gasteiger partial charge in [-0.15, -0.1) is 0 Å². The molecular formula is C19H19N3O4. The van der Waals surface area contributed by atoms with Gasteiger partial charge in [-0.3, -0.25) is 20.4 Å². The van der Waals surface area contributed by atoms with Crippen LogP contribution in [0.25, 0.3) is 6.08 Å². The highest BCUT2D eigenvalue weighted by Gasteiger charge is 2.12. The molecule has 2 aromatic carbocycles. The summed E-state index contributed by atoms with van der Waals surface area (Å²) in [6, 6.07) is 12.4. The highest BCUT2D eigenvalue weighted by atomic mass is 16.7. The van der Waals surface area contributed by atoms with Gasteiger partial charge < -0.3 is 14.4 Å². The number of nitrogens with zero attached hydrogens (tertiary/aromatic N) is 1. The van der Waals surface area contributed by atoms with Crippen molar-refractivity contribution < 1.29 is 19.1 Å². The zero-order valence-electron chi connectivity index (χ0n) is 14.5. The van der Waals surface area contributed by atoms with Crippen molar-refractivity contribution in [1.29, 1.82) is 0 Å².